The lowest BCUT2D eigenvalue weighted by Crippen LogP contribution is -2.36. The fourth-order valence-corrected chi connectivity index (χ4v) is 5.32. The minimum absolute atomic E-state index is 0.00236. The van der Waals surface area contributed by atoms with Gasteiger partial charge in [0.05, 0.1) is 4.92 Å². The van der Waals surface area contributed by atoms with Crippen LogP contribution in [0.5, 0.6) is 11.5 Å². The first kappa shape index (κ1) is 22.9. The highest BCUT2D eigenvalue weighted by Gasteiger charge is 2.42. The van der Waals surface area contributed by atoms with Gasteiger partial charge in [0.2, 0.25) is 11.1 Å². The average molecular weight is 494 g/mol. The van der Waals surface area contributed by atoms with E-state index in [4.69, 9.17) is 0 Å². The van der Waals surface area contributed by atoms with Crippen molar-refractivity contribution in [2.75, 3.05) is 5.32 Å². The number of carbonyl (C=O) groups is 1. The molecule has 180 valence electrons. The first-order chi connectivity index (χ1) is 16.6. The number of ketones is 1. The van der Waals surface area contributed by atoms with Gasteiger partial charge in [-0.2, -0.15) is 4.98 Å². The number of phenols is 2. The van der Waals surface area contributed by atoms with E-state index in [1.165, 1.54) is 36.0 Å². The van der Waals surface area contributed by atoms with Crippen LogP contribution in [0.25, 0.3) is 0 Å². The summed E-state index contributed by atoms with van der Waals surface area (Å²) >= 11 is 1.37. The summed E-state index contributed by atoms with van der Waals surface area (Å²) in [4.78, 5) is 28.3. The smallest absolute Gasteiger partial charge is 0.269 e. The van der Waals surface area contributed by atoms with Crippen LogP contribution in [0.4, 0.5) is 11.6 Å². The zero-order valence-corrected chi connectivity index (χ0v) is 19.9. The second-order valence-electron chi connectivity index (χ2n) is 9.48. The molecule has 0 saturated carbocycles. The molecule has 5 rings (SSSR count). The second kappa shape index (κ2) is 8.42. The van der Waals surface area contributed by atoms with E-state index in [0.29, 0.717) is 40.8 Å². The summed E-state index contributed by atoms with van der Waals surface area (Å²) in [6, 6.07) is 10.2. The van der Waals surface area contributed by atoms with Crippen LogP contribution in [0, 0.1) is 15.5 Å². The first-order valence-electron chi connectivity index (χ1n) is 11.0. The zero-order chi connectivity index (χ0) is 24.9. The van der Waals surface area contributed by atoms with Crippen molar-refractivity contribution in [3.05, 3.63) is 75.0 Å². The molecule has 1 aliphatic heterocycles. The third-order valence-electron chi connectivity index (χ3n) is 6.14. The molecule has 1 atom stereocenters. The Morgan fingerprint density at radius 2 is 1.91 bits per heavy atom. The number of phenolic OH excluding ortho intramolecular Hbond substituents is 2. The fourth-order valence-electron chi connectivity index (χ4n) is 4.53. The molecular weight excluding hydrogens is 470 g/mol. The Hall–Kier alpha value is -3.86. The highest BCUT2D eigenvalue weighted by molar-refractivity contribution is 7.98. The maximum atomic E-state index is 13.3. The van der Waals surface area contributed by atoms with Crippen molar-refractivity contribution < 1.29 is 19.9 Å². The van der Waals surface area contributed by atoms with E-state index in [9.17, 15) is 25.1 Å². The predicted octanol–water partition coefficient (Wildman–Crippen LogP) is 4.55. The van der Waals surface area contributed by atoms with Crippen molar-refractivity contribution in [3.63, 3.8) is 0 Å². The summed E-state index contributed by atoms with van der Waals surface area (Å²) < 4.78 is 1.64. The molecule has 2 heterocycles. The number of nitrogens with one attached hydrogen (secondary N) is 1. The van der Waals surface area contributed by atoms with Crippen LogP contribution in [-0.2, 0) is 10.5 Å². The van der Waals surface area contributed by atoms with Crippen molar-refractivity contribution in [1.29, 1.82) is 0 Å². The summed E-state index contributed by atoms with van der Waals surface area (Å²) in [6.45, 7) is 4.09. The van der Waals surface area contributed by atoms with Crippen molar-refractivity contribution in [2.45, 2.75) is 43.6 Å². The van der Waals surface area contributed by atoms with E-state index in [-0.39, 0.29) is 28.4 Å². The number of rotatable bonds is 5. The van der Waals surface area contributed by atoms with Gasteiger partial charge in [-0.15, -0.1) is 5.10 Å². The molecule has 0 fully saturated rings. The van der Waals surface area contributed by atoms with Crippen molar-refractivity contribution in [2.24, 2.45) is 5.41 Å². The molecule has 1 aromatic heterocycles. The lowest BCUT2D eigenvalue weighted by atomic mass is 9.73. The molecule has 35 heavy (non-hydrogen) atoms. The number of fused-ring (bicyclic) bond motifs is 1. The number of thioether (sulfide) groups is 1. The molecule has 0 saturated heterocycles. The summed E-state index contributed by atoms with van der Waals surface area (Å²) in [5.74, 6) is 0.471. The predicted molar refractivity (Wildman–Crippen MR) is 129 cm³/mol. The molecule has 1 unspecified atom stereocenters. The molecule has 10 nitrogen and oxygen atoms in total. The van der Waals surface area contributed by atoms with Crippen molar-refractivity contribution in [1.82, 2.24) is 14.8 Å². The summed E-state index contributed by atoms with van der Waals surface area (Å²) in [5, 5.41) is 39.2. The molecule has 3 N–H and O–H groups in total. The molecular formula is C24H23N5O5S. The third kappa shape index (κ3) is 4.34. The van der Waals surface area contributed by atoms with Gasteiger partial charge in [0.15, 0.2) is 17.3 Å². The highest BCUT2D eigenvalue weighted by Crippen LogP contribution is 2.46. The number of Topliss-reactive ketones (excluding diaryl/α,β-unsaturated/α-hetero) is 1. The lowest BCUT2D eigenvalue weighted by molar-refractivity contribution is -0.384. The van der Waals surface area contributed by atoms with Crippen LogP contribution in [0.1, 0.15) is 43.9 Å². The minimum atomic E-state index is -0.599. The number of carbonyl (C=O) groups excluding carboxylic acids is 1. The van der Waals surface area contributed by atoms with Gasteiger partial charge in [0.1, 0.15) is 6.04 Å². The standard InChI is InChI=1S/C24H23N5O5S/c1-24(2)10-16-20(19(32)11-24)21(14-5-8-17(30)18(31)9-14)28-22(25-16)26-23(27-28)35-12-13-3-6-15(7-4-13)29(33)34/h3-9,21,30-31H,10-12H2,1-2H3,(H,25,26,27). The lowest BCUT2D eigenvalue weighted by Gasteiger charge is -2.38. The number of nitro benzene ring substituents is 1. The fraction of sp³-hybridized carbons (Fsp3) is 0.292. The van der Waals surface area contributed by atoms with E-state index < -0.39 is 11.0 Å². The third-order valence-corrected chi connectivity index (χ3v) is 7.05. The Morgan fingerprint density at radius 3 is 2.60 bits per heavy atom. The van der Waals surface area contributed by atoms with Gasteiger partial charge < -0.3 is 15.5 Å². The topological polar surface area (TPSA) is 143 Å². The largest absolute Gasteiger partial charge is 0.504 e. The van der Waals surface area contributed by atoms with Gasteiger partial charge >= 0.3 is 0 Å². The van der Waals surface area contributed by atoms with Crippen molar-refractivity contribution >= 4 is 29.2 Å². The monoisotopic (exact) mass is 493 g/mol. The number of aromatic hydroxyl groups is 2. The highest BCUT2D eigenvalue weighted by atomic mass is 32.2. The summed E-state index contributed by atoms with van der Waals surface area (Å²) in [5.41, 5.74) is 2.69. The molecule has 2 aliphatic rings. The van der Waals surface area contributed by atoms with Crippen LogP contribution in [0.3, 0.4) is 0 Å². The number of allylic oxidation sites excluding steroid dienone is 2. The normalized spacial score (nSPS) is 18.6. The van der Waals surface area contributed by atoms with Crippen LogP contribution >= 0.6 is 11.8 Å². The number of nitrogens with zero attached hydrogens (tertiary/aromatic N) is 4. The second-order valence-corrected chi connectivity index (χ2v) is 10.4. The Balaban J connectivity index is 1.49. The number of aromatic nitrogens is 3. The van der Waals surface area contributed by atoms with E-state index in [0.717, 1.165) is 11.3 Å². The van der Waals surface area contributed by atoms with E-state index >= 15 is 0 Å². The van der Waals surface area contributed by atoms with Crippen LogP contribution < -0.4 is 5.32 Å². The van der Waals surface area contributed by atoms with Gasteiger partial charge in [-0.1, -0.05) is 43.8 Å². The molecule has 0 amide bonds. The van der Waals surface area contributed by atoms with E-state index in [2.05, 4.69) is 15.4 Å². The Morgan fingerprint density at radius 1 is 1.17 bits per heavy atom. The molecule has 1 aliphatic carbocycles. The van der Waals surface area contributed by atoms with Crippen LogP contribution in [-0.4, -0.2) is 35.7 Å². The number of hydrogen-bond acceptors (Lipinski definition) is 9. The minimum Gasteiger partial charge on any atom is -0.504 e. The van der Waals surface area contributed by atoms with E-state index in [1.54, 1.807) is 22.9 Å². The Labute approximate surface area is 204 Å². The van der Waals surface area contributed by atoms with E-state index in [1.807, 2.05) is 13.8 Å². The Kier molecular flexibility index (Phi) is 5.51. The van der Waals surface area contributed by atoms with Gasteiger partial charge in [-0.05, 0) is 35.1 Å². The maximum Gasteiger partial charge on any atom is 0.269 e. The average Bonchev–Trinajstić information content (AvgIpc) is 3.20. The summed E-state index contributed by atoms with van der Waals surface area (Å²) in [6.07, 6.45) is 1.05. The van der Waals surface area contributed by atoms with Crippen LogP contribution in [0.15, 0.2) is 58.9 Å². The molecule has 0 spiro atoms. The van der Waals surface area contributed by atoms with Gasteiger partial charge in [0, 0.05) is 35.6 Å². The Bertz CT molecular complexity index is 1380. The molecule has 11 heteroatoms. The number of hydrogen-bond donors (Lipinski definition) is 3. The van der Waals surface area contributed by atoms with Crippen LogP contribution in [0.2, 0.25) is 0 Å². The molecule has 0 bridgehead atoms. The number of benzene rings is 2. The van der Waals surface area contributed by atoms with Crippen molar-refractivity contribution in [3.8, 4) is 11.5 Å². The SMILES string of the molecule is CC1(C)CC(=O)C2=C(C1)Nc1nc(SCc3ccc([N+](=O)[O-])cc3)nn1C2c1ccc(O)c(O)c1. The quantitative estimate of drug-likeness (QED) is 0.202. The maximum absolute atomic E-state index is 13.3. The summed E-state index contributed by atoms with van der Waals surface area (Å²) in [7, 11) is 0. The van der Waals surface area contributed by atoms with Gasteiger partial charge in [-0.25, -0.2) is 4.68 Å². The molecule has 2 aromatic carbocycles. The van der Waals surface area contributed by atoms with Gasteiger partial charge in [-0.3, -0.25) is 14.9 Å². The number of anilines is 1. The van der Waals surface area contributed by atoms with Gasteiger partial charge in [0.25, 0.3) is 5.69 Å². The number of non-ortho nitro benzene ring substituents is 1. The zero-order valence-electron chi connectivity index (χ0n) is 19.1. The molecule has 3 aromatic rings. The first-order valence-corrected chi connectivity index (χ1v) is 12.0. The molecule has 0 radical (unpaired) electrons. The number of nitro groups is 1.